The Morgan fingerprint density at radius 2 is 2.20 bits per heavy atom. The van der Waals surface area contributed by atoms with Crippen LogP contribution in [0.4, 0.5) is 0 Å². The Bertz CT molecular complexity index is 619. The quantitative estimate of drug-likeness (QED) is 0.790. The van der Waals surface area contributed by atoms with Gasteiger partial charge in [-0.15, -0.1) is 6.58 Å². The smallest absolute Gasteiger partial charge is 0.274 e. The van der Waals surface area contributed by atoms with Crippen LogP contribution in [0.5, 0.6) is 0 Å². The molecule has 1 aromatic rings. The van der Waals surface area contributed by atoms with E-state index in [-0.39, 0.29) is 5.91 Å². The van der Waals surface area contributed by atoms with E-state index in [4.69, 9.17) is 5.10 Å². The van der Waals surface area contributed by atoms with Crippen LogP contribution in [0.3, 0.4) is 0 Å². The number of hydrogen-bond donors (Lipinski definition) is 1. The summed E-state index contributed by atoms with van der Waals surface area (Å²) in [5, 5.41) is 8.37. The second kappa shape index (κ2) is 8.41. The van der Waals surface area contributed by atoms with Crippen molar-refractivity contribution in [3.05, 3.63) is 29.6 Å². The topological polar surface area (TPSA) is 50.2 Å². The molecule has 1 saturated heterocycles. The first-order chi connectivity index (χ1) is 12.1. The average Bonchev–Trinajstić information content (AvgIpc) is 2.98. The summed E-state index contributed by atoms with van der Waals surface area (Å²) in [7, 11) is 0. The Balaban J connectivity index is 1.83. The summed E-state index contributed by atoms with van der Waals surface area (Å²) in [6.07, 6.45) is 4.86. The average molecular weight is 363 g/mol. The van der Waals surface area contributed by atoms with E-state index in [9.17, 15) is 4.79 Å². The molecule has 25 heavy (non-hydrogen) atoms. The maximum atomic E-state index is 13.1. The van der Waals surface area contributed by atoms with E-state index in [0.29, 0.717) is 24.2 Å². The normalized spacial score (nSPS) is 20.6. The lowest BCUT2D eigenvalue weighted by Gasteiger charge is -2.28. The third-order valence-corrected chi connectivity index (χ3v) is 5.91. The maximum absolute atomic E-state index is 13.1. The molecule has 2 aliphatic rings. The highest BCUT2D eigenvalue weighted by Crippen LogP contribution is 2.27. The van der Waals surface area contributed by atoms with Crippen LogP contribution >= 0.6 is 11.8 Å². The monoisotopic (exact) mass is 362 g/mol. The van der Waals surface area contributed by atoms with Crippen molar-refractivity contribution >= 4 is 17.7 Å². The molecule has 0 spiro atoms. The fourth-order valence-electron chi connectivity index (χ4n) is 3.63. The third-order valence-electron chi connectivity index (χ3n) is 4.96. The minimum atomic E-state index is 0.115. The summed E-state index contributed by atoms with van der Waals surface area (Å²) in [6, 6.07) is 0.444. The van der Waals surface area contributed by atoms with Crippen molar-refractivity contribution in [2.75, 3.05) is 31.1 Å². The molecule has 1 atom stereocenters. The van der Waals surface area contributed by atoms with Crippen LogP contribution < -0.4 is 5.32 Å². The van der Waals surface area contributed by atoms with Gasteiger partial charge in [-0.25, -0.2) is 0 Å². The van der Waals surface area contributed by atoms with Crippen LogP contribution in [0.15, 0.2) is 12.7 Å². The molecule has 3 rings (SSSR count). The number of carbonyl (C=O) groups is 1. The summed E-state index contributed by atoms with van der Waals surface area (Å²) in [6.45, 7) is 11.7. The van der Waals surface area contributed by atoms with E-state index in [1.807, 2.05) is 27.4 Å². The molecule has 1 aliphatic heterocycles. The molecular formula is C19H30N4OS. The molecule has 0 saturated carbocycles. The van der Waals surface area contributed by atoms with E-state index in [1.54, 1.807) is 0 Å². The summed E-state index contributed by atoms with van der Waals surface area (Å²) < 4.78 is 1.99. The molecule has 1 fully saturated rings. The molecule has 138 valence electrons. The van der Waals surface area contributed by atoms with Gasteiger partial charge in [0.15, 0.2) is 5.69 Å². The van der Waals surface area contributed by atoms with Gasteiger partial charge in [0.25, 0.3) is 5.91 Å². The fraction of sp³-hybridized carbons (Fsp3) is 0.684. The Morgan fingerprint density at radius 1 is 1.44 bits per heavy atom. The zero-order chi connectivity index (χ0) is 17.8. The predicted molar refractivity (Wildman–Crippen MR) is 104 cm³/mol. The van der Waals surface area contributed by atoms with Crippen LogP contribution in [0.2, 0.25) is 0 Å². The molecule has 2 heterocycles. The zero-order valence-electron chi connectivity index (χ0n) is 15.5. The Hall–Kier alpha value is -1.27. The summed E-state index contributed by atoms with van der Waals surface area (Å²) in [4.78, 5) is 15.0. The lowest BCUT2D eigenvalue weighted by molar-refractivity contribution is 0.0764. The Kier molecular flexibility index (Phi) is 6.23. The number of amides is 1. The number of hydrogen-bond acceptors (Lipinski definition) is 4. The Morgan fingerprint density at radius 3 is 2.88 bits per heavy atom. The van der Waals surface area contributed by atoms with E-state index >= 15 is 0 Å². The zero-order valence-corrected chi connectivity index (χ0v) is 16.3. The molecule has 0 radical (unpaired) electrons. The van der Waals surface area contributed by atoms with Crippen LogP contribution in [0.25, 0.3) is 0 Å². The highest BCUT2D eigenvalue weighted by Gasteiger charge is 2.31. The molecule has 6 heteroatoms. The number of nitrogens with zero attached hydrogens (tertiary/aromatic N) is 3. The van der Waals surface area contributed by atoms with Gasteiger partial charge in [0, 0.05) is 41.9 Å². The molecule has 0 aromatic carbocycles. The van der Waals surface area contributed by atoms with Gasteiger partial charge in [-0.05, 0) is 31.7 Å². The molecule has 1 aliphatic carbocycles. The van der Waals surface area contributed by atoms with E-state index in [2.05, 4.69) is 25.7 Å². The van der Waals surface area contributed by atoms with Crippen LogP contribution in [-0.2, 0) is 19.4 Å². The number of fused-ring (bicyclic) bond motifs is 1. The highest BCUT2D eigenvalue weighted by atomic mass is 32.2. The minimum absolute atomic E-state index is 0.115. The lowest BCUT2D eigenvalue weighted by Crippen LogP contribution is -2.40. The molecule has 1 amide bonds. The van der Waals surface area contributed by atoms with Crippen molar-refractivity contribution in [1.29, 1.82) is 0 Å². The highest BCUT2D eigenvalue weighted by molar-refractivity contribution is 7.99. The van der Waals surface area contributed by atoms with Crippen LogP contribution in [0, 0.1) is 5.92 Å². The van der Waals surface area contributed by atoms with Crippen LogP contribution in [0.1, 0.15) is 42.0 Å². The number of rotatable bonds is 6. The fourth-order valence-corrected chi connectivity index (χ4v) is 4.53. The van der Waals surface area contributed by atoms with Gasteiger partial charge in [-0.2, -0.15) is 16.9 Å². The van der Waals surface area contributed by atoms with Crippen LogP contribution in [-0.4, -0.2) is 57.8 Å². The van der Waals surface area contributed by atoms with E-state index < -0.39 is 0 Å². The lowest BCUT2D eigenvalue weighted by atomic mass is 9.90. The number of aromatic nitrogens is 2. The first-order valence-corrected chi connectivity index (χ1v) is 10.6. The Labute approximate surface area is 155 Å². The molecule has 1 aromatic heterocycles. The van der Waals surface area contributed by atoms with Crippen molar-refractivity contribution in [1.82, 2.24) is 20.0 Å². The molecule has 0 unspecified atom stereocenters. The molecule has 1 N–H and O–H groups in total. The summed E-state index contributed by atoms with van der Waals surface area (Å²) in [5.41, 5.74) is 3.08. The SMILES string of the molecule is C=CCn1nc(C(=O)N2CCSCC2)c2c1CC[C@H](NCC(C)C)C2. The number of allylic oxidation sites excluding steroid dienone is 1. The number of carbonyl (C=O) groups excluding carboxylic acids is 1. The van der Waals surface area contributed by atoms with Gasteiger partial charge in [0.2, 0.25) is 0 Å². The largest absolute Gasteiger partial charge is 0.336 e. The van der Waals surface area contributed by atoms with Crippen molar-refractivity contribution in [3.8, 4) is 0 Å². The van der Waals surface area contributed by atoms with Gasteiger partial charge in [0.1, 0.15) is 0 Å². The van der Waals surface area contributed by atoms with Gasteiger partial charge < -0.3 is 10.2 Å². The van der Waals surface area contributed by atoms with Gasteiger partial charge in [-0.1, -0.05) is 19.9 Å². The van der Waals surface area contributed by atoms with Crippen molar-refractivity contribution < 1.29 is 4.79 Å². The van der Waals surface area contributed by atoms with E-state index in [0.717, 1.165) is 56.0 Å². The van der Waals surface area contributed by atoms with Crippen molar-refractivity contribution in [2.45, 2.75) is 45.7 Å². The van der Waals surface area contributed by atoms with Gasteiger partial charge in [0.05, 0.1) is 6.54 Å². The molecular weight excluding hydrogens is 332 g/mol. The number of thioether (sulfide) groups is 1. The van der Waals surface area contributed by atoms with Gasteiger partial charge >= 0.3 is 0 Å². The summed E-state index contributed by atoms with van der Waals surface area (Å²) >= 11 is 1.92. The second-order valence-electron chi connectivity index (χ2n) is 7.39. The third kappa shape index (κ3) is 4.29. The predicted octanol–water partition coefficient (Wildman–Crippen LogP) is 2.36. The van der Waals surface area contributed by atoms with Crippen molar-refractivity contribution in [2.24, 2.45) is 5.92 Å². The first-order valence-electron chi connectivity index (χ1n) is 9.40. The second-order valence-corrected chi connectivity index (χ2v) is 8.62. The van der Waals surface area contributed by atoms with Crippen molar-refractivity contribution in [3.63, 3.8) is 0 Å². The molecule has 0 bridgehead atoms. The molecule has 5 nitrogen and oxygen atoms in total. The van der Waals surface area contributed by atoms with E-state index in [1.165, 1.54) is 5.69 Å². The summed E-state index contributed by atoms with van der Waals surface area (Å²) in [5.74, 6) is 2.81. The number of nitrogens with one attached hydrogen (secondary N) is 1. The van der Waals surface area contributed by atoms with Gasteiger partial charge in [-0.3, -0.25) is 9.48 Å². The minimum Gasteiger partial charge on any atom is -0.336 e. The standard InChI is InChI=1S/C19H30N4OS/c1-4-7-23-17-6-5-15(20-13-14(2)3)12-16(17)18(21-23)19(24)22-8-10-25-11-9-22/h4,14-15,20H,1,5-13H2,2-3H3/t15-/m0/s1. The first kappa shape index (κ1) is 18.5. The maximum Gasteiger partial charge on any atom is 0.274 e.